The van der Waals surface area contributed by atoms with E-state index in [0.717, 1.165) is 17.7 Å². The number of methoxy groups -OCH3 is 1. The third kappa shape index (κ3) is 4.20. The fourth-order valence-electron chi connectivity index (χ4n) is 1.86. The molecule has 0 fully saturated rings. The molecular weight excluding hydrogens is 270 g/mol. The molecule has 1 aromatic carbocycles. The van der Waals surface area contributed by atoms with E-state index in [1.807, 2.05) is 31.2 Å². The van der Waals surface area contributed by atoms with Gasteiger partial charge in [0.1, 0.15) is 5.75 Å². The first-order valence-corrected chi connectivity index (χ1v) is 6.73. The zero-order valence-electron chi connectivity index (χ0n) is 12.2. The van der Waals surface area contributed by atoms with Crippen LogP contribution in [0.15, 0.2) is 24.3 Å². The highest BCUT2D eigenvalue weighted by Crippen LogP contribution is 2.17. The maximum atomic E-state index is 5.62. The minimum Gasteiger partial charge on any atom is -0.496 e. The highest BCUT2D eigenvalue weighted by molar-refractivity contribution is 5.36. The van der Waals surface area contributed by atoms with Crippen molar-refractivity contribution in [3.63, 3.8) is 0 Å². The number of nitrogens with zero attached hydrogens (tertiary/aromatic N) is 3. The summed E-state index contributed by atoms with van der Waals surface area (Å²) in [5.41, 5.74) is 6.73. The quantitative estimate of drug-likeness (QED) is 0.797. The van der Waals surface area contributed by atoms with E-state index in [9.17, 15) is 0 Å². The van der Waals surface area contributed by atoms with Crippen LogP contribution in [0, 0.1) is 0 Å². The van der Waals surface area contributed by atoms with Gasteiger partial charge in [-0.15, -0.1) is 0 Å². The van der Waals surface area contributed by atoms with Crippen molar-refractivity contribution >= 4 is 11.9 Å². The number of hydrogen-bond acceptors (Lipinski definition) is 7. The van der Waals surface area contributed by atoms with Gasteiger partial charge in [-0.3, -0.25) is 0 Å². The smallest absolute Gasteiger partial charge is 0.323 e. The van der Waals surface area contributed by atoms with E-state index in [1.54, 1.807) is 7.11 Å². The first-order chi connectivity index (χ1) is 10.2. The molecular formula is C14H19N5O2. The van der Waals surface area contributed by atoms with Gasteiger partial charge in [0.05, 0.1) is 13.7 Å². The van der Waals surface area contributed by atoms with Gasteiger partial charge in [0.25, 0.3) is 0 Å². The summed E-state index contributed by atoms with van der Waals surface area (Å²) in [7, 11) is 1.66. The van der Waals surface area contributed by atoms with Gasteiger partial charge in [-0.1, -0.05) is 18.2 Å². The molecule has 0 unspecified atom stereocenters. The Morgan fingerprint density at radius 1 is 1.19 bits per heavy atom. The van der Waals surface area contributed by atoms with Gasteiger partial charge < -0.3 is 20.5 Å². The molecule has 3 N–H and O–H groups in total. The summed E-state index contributed by atoms with van der Waals surface area (Å²) in [5.74, 6) is 1.40. The largest absolute Gasteiger partial charge is 0.496 e. The lowest BCUT2D eigenvalue weighted by molar-refractivity contribution is 0.312. The highest BCUT2D eigenvalue weighted by atomic mass is 16.5. The normalized spacial score (nSPS) is 10.2. The number of benzene rings is 1. The number of hydrogen-bond donors (Lipinski definition) is 2. The van der Waals surface area contributed by atoms with E-state index in [0.29, 0.717) is 19.1 Å². The average Bonchev–Trinajstić information content (AvgIpc) is 2.47. The minimum absolute atomic E-state index is 0.133. The molecule has 0 bridgehead atoms. The third-order valence-corrected chi connectivity index (χ3v) is 2.78. The van der Waals surface area contributed by atoms with E-state index in [4.69, 9.17) is 15.2 Å². The predicted molar refractivity (Wildman–Crippen MR) is 80.6 cm³/mol. The van der Waals surface area contributed by atoms with Crippen LogP contribution in [0.5, 0.6) is 11.8 Å². The molecule has 0 saturated carbocycles. The van der Waals surface area contributed by atoms with Crippen LogP contribution in [-0.2, 0) is 6.42 Å². The van der Waals surface area contributed by atoms with Gasteiger partial charge in [-0.05, 0) is 25.0 Å². The average molecular weight is 289 g/mol. The molecule has 7 nitrogen and oxygen atoms in total. The lowest BCUT2D eigenvalue weighted by Crippen LogP contribution is -2.11. The van der Waals surface area contributed by atoms with Gasteiger partial charge in [0.15, 0.2) is 0 Å². The number of nitrogens with one attached hydrogen (secondary N) is 1. The molecule has 0 amide bonds. The van der Waals surface area contributed by atoms with Gasteiger partial charge in [-0.2, -0.15) is 15.0 Å². The van der Waals surface area contributed by atoms with E-state index in [-0.39, 0.29) is 12.0 Å². The molecule has 0 aliphatic carbocycles. The predicted octanol–water partition coefficient (Wildman–Crippen LogP) is 1.52. The van der Waals surface area contributed by atoms with Crippen molar-refractivity contribution in [2.75, 3.05) is 31.3 Å². The Bertz CT molecular complexity index is 591. The van der Waals surface area contributed by atoms with Crippen LogP contribution in [-0.4, -0.2) is 35.2 Å². The second-order valence-corrected chi connectivity index (χ2v) is 4.22. The molecule has 0 atom stereocenters. The van der Waals surface area contributed by atoms with Crippen molar-refractivity contribution < 1.29 is 9.47 Å². The van der Waals surface area contributed by atoms with Crippen LogP contribution < -0.4 is 20.5 Å². The van der Waals surface area contributed by atoms with Crippen molar-refractivity contribution in [3.8, 4) is 11.8 Å². The first kappa shape index (κ1) is 14.8. The minimum atomic E-state index is 0.133. The van der Waals surface area contributed by atoms with Crippen LogP contribution >= 0.6 is 0 Å². The second kappa shape index (κ2) is 7.28. The molecule has 0 aliphatic rings. The maximum absolute atomic E-state index is 5.62. The first-order valence-electron chi connectivity index (χ1n) is 6.73. The Kier molecular flexibility index (Phi) is 5.14. The van der Waals surface area contributed by atoms with Crippen LogP contribution in [0.1, 0.15) is 12.5 Å². The number of anilines is 2. The van der Waals surface area contributed by atoms with Gasteiger partial charge in [0, 0.05) is 6.54 Å². The molecule has 2 aromatic rings. The van der Waals surface area contributed by atoms with Crippen LogP contribution in [0.25, 0.3) is 0 Å². The fraction of sp³-hybridized carbons (Fsp3) is 0.357. The summed E-state index contributed by atoms with van der Waals surface area (Å²) >= 11 is 0. The molecule has 2 rings (SSSR count). The van der Waals surface area contributed by atoms with Crippen molar-refractivity contribution in [1.29, 1.82) is 0 Å². The Balaban J connectivity index is 1.97. The summed E-state index contributed by atoms with van der Waals surface area (Å²) in [6, 6.07) is 8.10. The molecule has 1 aromatic heterocycles. The van der Waals surface area contributed by atoms with Gasteiger partial charge in [-0.25, -0.2) is 0 Å². The van der Waals surface area contributed by atoms with Crippen LogP contribution in [0.2, 0.25) is 0 Å². The number of aromatic nitrogens is 3. The van der Waals surface area contributed by atoms with Crippen LogP contribution in [0.4, 0.5) is 11.9 Å². The Morgan fingerprint density at radius 3 is 2.76 bits per heavy atom. The van der Waals surface area contributed by atoms with Crippen molar-refractivity contribution in [2.45, 2.75) is 13.3 Å². The lowest BCUT2D eigenvalue weighted by Gasteiger charge is -2.09. The molecule has 0 aliphatic heterocycles. The Hall–Kier alpha value is -2.57. The third-order valence-electron chi connectivity index (χ3n) is 2.78. The van der Waals surface area contributed by atoms with Crippen molar-refractivity contribution in [3.05, 3.63) is 29.8 Å². The van der Waals surface area contributed by atoms with Crippen molar-refractivity contribution in [2.24, 2.45) is 0 Å². The van der Waals surface area contributed by atoms with Crippen molar-refractivity contribution in [1.82, 2.24) is 15.0 Å². The van der Waals surface area contributed by atoms with Gasteiger partial charge >= 0.3 is 6.01 Å². The summed E-state index contributed by atoms with van der Waals surface area (Å²) in [6.45, 7) is 2.98. The van der Waals surface area contributed by atoms with E-state index >= 15 is 0 Å². The summed E-state index contributed by atoms with van der Waals surface area (Å²) in [6.07, 6.45) is 0.777. The standard InChI is InChI=1S/C14H19N5O2/c1-3-21-14-18-12(15)17-13(19-14)16-9-8-10-6-4-5-7-11(10)20-2/h4-7H,3,8-9H2,1-2H3,(H3,15,16,17,18,19). The summed E-state index contributed by atoms with van der Waals surface area (Å²) < 4.78 is 10.5. The van der Waals surface area contributed by atoms with E-state index < -0.39 is 0 Å². The molecule has 21 heavy (non-hydrogen) atoms. The second-order valence-electron chi connectivity index (χ2n) is 4.22. The van der Waals surface area contributed by atoms with E-state index in [2.05, 4.69) is 20.3 Å². The number of rotatable bonds is 7. The summed E-state index contributed by atoms with van der Waals surface area (Å²) in [4.78, 5) is 12.0. The van der Waals surface area contributed by atoms with Crippen LogP contribution in [0.3, 0.4) is 0 Å². The highest BCUT2D eigenvalue weighted by Gasteiger charge is 2.06. The molecule has 112 valence electrons. The Labute approximate surface area is 123 Å². The maximum Gasteiger partial charge on any atom is 0.323 e. The van der Waals surface area contributed by atoms with Gasteiger partial charge in [0.2, 0.25) is 11.9 Å². The molecule has 7 heteroatoms. The number of para-hydroxylation sites is 1. The number of ether oxygens (including phenoxy) is 2. The topological polar surface area (TPSA) is 95.2 Å². The zero-order chi connectivity index (χ0) is 15.1. The molecule has 1 heterocycles. The SMILES string of the molecule is CCOc1nc(N)nc(NCCc2ccccc2OC)n1. The van der Waals surface area contributed by atoms with E-state index in [1.165, 1.54) is 0 Å². The monoisotopic (exact) mass is 289 g/mol. The fourth-order valence-corrected chi connectivity index (χ4v) is 1.86. The molecule has 0 radical (unpaired) electrons. The molecule has 0 spiro atoms. The number of nitrogens with two attached hydrogens (primary N) is 1. The molecule has 0 saturated heterocycles. The lowest BCUT2D eigenvalue weighted by atomic mass is 10.1. The zero-order valence-corrected chi connectivity index (χ0v) is 12.2. The Morgan fingerprint density at radius 2 is 2.00 bits per heavy atom. The summed E-state index contributed by atoms with van der Waals surface area (Å²) in [5, 5.41) is 3.11. The number of nitrogen functional groups attached to an aromatic ring is 1.